The molecule has 3 aliphatic carbocycles. The van der Waals surface area contributed by atoms with Crippen molar-refractivity contribution in [1.82, 2.24) is 0 Å². The van der Waals surface area contributed by atoms with Crippen molar-refractivity contribution >= 4 is 0 Å². The van der Waals surface area contributed by atoms with Crippen LogP contribution in [-0.2, 0) is 0 Å². The Morgan fingerprint density at radius 2 is 1.90 bits per heavy atom. The summed E-state index contributed by atoms with van der Waals surface area (Å²) in [6.07, 6.45) is 22.2. The molecule has 0 bridgehead atoms. The summed E-state index contributed by atoms with van der Waals surface area (Å²) < 4.78 is 0. The SMILES string of the molecule is C=C1C(C)CC(=CC=C2CCCC3(C)C(=CCCCC(C)(C)C)CCC23)CC1CC. The molecule has 168 valence electrons. The Morgan fingerprint density at radius 1 is 1.13 bits per heavy atom. The molecule has 4 atom stereocenters. The third-order valence-electron chi connectivity index (χ3n) is 8.60. The summed E-state index contributed by atoms with van der Waals surface area (Å²) in [4.78, 5) is 0. The molecule has 0 spiro atoms. The molecule has 0 saturated heterocycles. The summed E-state index contributed by atoms with van der Waals surface area (Å²) in [5.41, 5.74) is 7.59. The lowest BCUT2D eigenvalue weighted by molar-refractivity contribution is 0.245. The number of rotatable bonds is 5. The number of hydrogen-bond acceptors (Lipinski definition) is 0. The zero-order valence-corrected chi connectivity index (χ0v) is 20.9. The lowest BCUT2D eigenvalue weighted by Gasteiger charge is -2.39. The molecule has 0 aromatic rings. The van der Waals surface area contributed by atoms with Crippen LogP contribution in [0.2, 0.25) is 0 Å². The first-order valence-electron chi connectivity index (χ1n) is 12.9. The Labute approximate surface area is 188 Å². The Kier molecular flexibility index (Phi) is 7.57. The van der Waals surface area contributed by atoms with Gasteiger partial charge in [0.15, 0.2) is 0 Å². The normalized spacial score (nSPS) is 36.7. The number of unbranched alkanes of at least 4 members (excludes halogenated alkanes) is 1. The van der Waals surface area contributed by atoms with Gasteiger partial charge in [0.1, 0.15) is 0 Å². The molecule has 0 aromatic heterocycles. The van der Waals surface area contributed by atoms with Crippen molar-refractivity contribution in [3.63, 3.8) is 0 Å². The van der Waals surface area contributed by atoms with Gasteiger partial charge >= 0.3 is 0 Å². The maximum Gasteiger partial charge on any atom is -0.00507 e. The second-order valence-electron chi connectivity index (χ2n) is 12.1. The highest BCUT2D eigenvalue weighted by Gasteiger charge is 2.45. The smallest absolute Gasteiger partial charge is 0.00507 e. The van der Waals surface area contributed by atoms with Crippen LogP contribution < -0.4 is 0 Å². The molecule has 0 amide bonds. The molecule has 0 aliphatic heterocycles. The first-order valence-corrected chi connectivity index (χ1v) is 12.9. The van der Waals surface area contributed by atoms with E-state index in [-0.39, 0.29) is 0 Å². The van der Waals surface area contributed by atoms with Gasteiger partial charge in [-0.3, -0.25) is 0 Å². The van der Waals surface area contributed by atoms with E-state index in [1.807, 2.05) is 0 Å². The van der Waals surface area contributed by atoms with Crippen LogP contribution in [0.3, 0.4) is 0 Å². The average molecular weight is 409 g/mol. The van der Waals surface area contributed by atoms with Crippen LogP contribution in [0.1, 0.15) is 112 Å². The second kappa shape index (κ2) is 9.62. The van der Waals surface area contributed by atoms with E-state index in [0.29, 0.717) is 22.7 Å². The highest BCUT2D eigenvalue weighted by Crippen LogP contribution is 2.57. The lowest BCUT2D eigenvalue weighted by atomic mass is 9.65. The molecule has 3 aliphatic rings. The van der Waals surface area contributed by atoms with Gasteiger partial charge in [-0.2, -0.15) is 0 Å². The molecule has 0 aromatic carbocycles. The van der Waals surface area contributed by atoms with Crippen molar-refractivity contribution in [2.24, 2.45) is 28.6 Å². The molecule has 30 heavy (non-hydrogen) atoms. The molecule has 3 rings (SSSR count). The summed E-state index contributed by atoms with van der Waals surface area (Å²) in [6, 6.07) is 0. The summed E-state index contributed by atoms with van der Waals surface area (Å²) in [5.74, 6) is 2.14. The average Bonchev–Trinajstić information content (AvgIpc) is 3.02. The highest BCUT2D eigenvalue weighted by molar-refractivity contribution is 5.33. The predicted molar refractivity (Wildman–Crippen MR) is 134 cm³/mol. The van der Waals surface area contributed by atoms with Crippen molar-refractivity contribution in [3.05, 3.63) is 47.1 Å². The standard InChI is InChI=1S/C30H48/c1-8-25-21-24(20-22(2)23(25)3)14-15-26-12-11-19-30(7)27(16-17-28(26)30)13-9-10-18-29(4,5)6/h13-15,22,25,28H,3,8-12,16-21H2,1-2,4-7H3. The van der Waals surface area contributed by atoms with Gasteiger partial charge in [-0.05, 0) is 99.2 Å². The summed E-state index contributed by atoms with van der Waals surface area (Å²) in [6.45, 7) is 18.8. The molecule has 3 saturated carbocycles. The van der Waals surface area contributed by atoms with Gasteiger partial charge in [-0.15, -0.1) is 0 Å². The number of allylic oxidation sites excluding steroid dienone is 7. The van der Waals surface area contributed by atoms with Crippen molar-refractivity contribution in [2.45, 2.75) is 112 Å². The van der Waals surface area contributed by atoms with E-state index in [0.717, 1.165) is 5.92 Å². The van der Waals surface area contributed by atoms with Crippen LogP contribution in [0, 0.1) is 28.6 Å². The van der Waals surface area contributed by atoms with Crippen LogP contribution in [-0.4, -0.2) is 0 Å². The monoisotopic (exact) mass is 408 g/mol. The van der Waals surface area contributed by atoms with E-state index in [1.54, 1.807) is 16.7 Å². The Balaban J connectivity index is 1.69. The second-order valence-corrected chi connectivity index (χ2v) is 12.1. The first kappa shape index (κ1) is 23.6. The molecule has 4 unspecified atom stereocenters. The molecular weight excluding hydrogens is 360 g/mol. The summed E-state index contributed by atoms with van der Waals surface area (Å²) in [7, 11) is 0. The van der Waals surface area contributed by atoms with Gasteiger partial charge in [-0.25, -0.2) is 0 Å². The predicted octanol–water partition coefficient (Wildman–Crippen LogP) is 9.59. The van der Waals surface area contributed by atoms with E-state index in [4.69, 9.17) is 0 Å². The minimum absolute atomic E-state index is 0.435. The molecule has 0 heteroatoms. The number of fused-ring (bicyclic) bond motifs is 1. The van der Waals surface area contributed by atoms with E-state index in [1.165, 1.54) is 76.2 Å². The molecule has 0 radical (unpaired) electrons. The van der Waals surface area contributed by atoms with Crippen LogP contribution in [0.4, 0.5) is 0 Å². The van der Waals surface area contributed by atoms with Crippen LogP contribution in [0.15, 0.2) is 47.1 Å². The summed E-state index contributed by atoms with van der Waals surface area (Å²) >= 11 is 0. The van der Waals surface area contributed by atoms with Crippen molar-refractivity contribution < 1.29 is 0 Å². The maximum atomic E-state index is 4.39. The van der Waals surface area contributed by atoms with Gasteiger partial charge in [-0.1, -0.05) is 88.6 Å². The third-order valence-corrected chi connectivity index (χ3v) is 8.60. The van der Waals surface area contributed by atoms with E-state index < -0.39 is 0 Å². The highest BCUT2D eigenvalue weighted by atomic mass is 14.5. The van der Waals surface area contributed by atoms with E-state index in [2.05, 4.69) is 66.3 Å². The van der Waals surface area contributed by atoms with Crippen molar-refractivity contribution in [2.75, 3.05) is 0 Å². The summed E-state index contributed by atoms with van der Waals surface area (Å²) in [5, 5.41) is 0. The maximum absolute atomic E-state index is 4.39. The van der Waals surface area contributed by atoms with Crippen molar-refractivity contribution in [1.29, 1.82) is 0 Å². The zero-order chi connectivity index (χ0) is 21.9. The van der Waals surface area contributed by atoms with Gasteiger partial charge in [0.25, 0.3) is 0 Å². The van der Waals surface area contributed by atoms with Crippen molar-refractivity contribution in [3.8, 4) is 0 Å². The lowest BCUT2D eigenvalue weighted by Crippen LogP contribution is -2.29. The minimum Gasteiger partial charge on any atom is -0.0993 e. The van der Waals surface area contributed by atoms with Crippen LogP contribution >= 0.6 is 0 Å². The first-order chi connectivity index (χ1) is 14.1. The fourth-order valence-corrected chi connectivity index (χ4v) is 6.56. The third kappa shape index (κ3) is 5.41. The molecule has 0 heterocycles. The topological polar surface area (TPSA) is 0 Å². The quantitative estimate of drug-likeness (QED) is 0.314. The van der Waals surface area contributed by atoms with E-state index in [9.17, 15) is 0 Å². The zero-order valence-electron chi connectivity index (χ0n) is 20.9. The molecule has 0 nitrogen and oxygen atoms in total. The molecule has 0 N–H and O–H groups in total. The van der Waals surface area contributed by atoms with Gasteiger partial charge in [0, 0.05) is 0 Å². The van der Waals surface area contributed by atoms with Crippen LogP contribution in [0.25, 0.3) is 0 Å². The van der Waals surface area contributed by atoms with Gasteiger partial charge < -0.3 is 0 Å². The fraction of sp³-hybridized carbons (Fsp3) is 0.733. The Bertz CT molecular complexity index is 707. The molecule has 3 fully saturated rings. The number of hydrogen-bond donors (Lipinski definition) is 0. The fourth-order valence-electron chi connectivity index (χ4n) is 6.56. The molecular formula is C30H48. The van der Waals surface area contributed by atoms with Gasteiger partial charge in [0.2, 0.25) is 0 Å². The van der Waals surface area contributed by atoms with E-state index >= 15 is 0 Å². The van der Waals surface area contributed by atoms with Crippen LogP contribution in [0.5, 0.6) is 0 Å². The minimum atomic E-state index is 0.435. The Hall–Kier alpha value is -1.04. The Morgan fingerprint density at radius 3 is 2.60 bits per heavy atom. The largest absolute Gasteiger partial charge is 0.0993 e. The van der Waals surface area contributed by atoms with Gasteiger partial charge in [0.05, 0.1) is 0 Å².